The zero-order valence-corrected chi connectivity index (χ0v) is 67.1. The Morgan fingerprint density at radius 1 is 0.270 bits per heavy atom. The number of aliphatic hydroxyl groups is 1. The normalized spacial score (nSPS) is 13.8. The Labute approximate surface area is 613 Å². The van der Waals surface area contributed by atoms with Crippen molar-refractivity contribution in [1.82, 2.24) is 0 Å². The highest BCUT2D eigenvalue weighted by Gasteiger charge is 2.30. The highest BCUT2D eigenvalue weighted by atomic mass is 31.2. The molecule has 0 saturated heterocycles. The third-order valence-corrected chi connectivity index (χ3v) is 20.9. The molecule has 0 aromatic heterocycles. The molecule has 0 amide bonds. The van der Waals surface area contributed by atoms with E-state index in [9.17, 15) is 43.2 Å². The van der Waals surface area contributed by atoms with Crippen LogP contribution in [0.2, 0.25) is 0 Å². The molecule has 0 bridgehead atoms. The van der Waals surface area contributed by atoms with Gasteiger partial charge in [-0.1, -0.05) is 381 Å². The number of phosphoric ester groups is 2. The van der Waals surface area contributed by atoms with Gasteiger partial charge in [0.1, 0.15) is 19.3 Å². The van der Waals surface area contributed by atoms with Crippen molar-refractivity contribution in [3.05, 3.63) is 0 Å². The molecule has 3 N–H and O–H groups in total. The van der Waals surface area contributed by atoms with E-state index >= 15 is 0 Å². The Balaban J connectivity index is 5.16. The number of aliphatic hydroxyl groups excluding tert-OH is 1. The molecule has 594 valence electrons. The minimum atomic E-state index is -4.96. The van der Waals surface area contributed by atoms with Crippen molar-refractivity contribution >= 4 is 39.5 Å². The van der Waals surface area contributed by atoms with E-state index in [-0.39, 0.29) is 25.7 Å². The topological polar surface area (TPSA) is 237 Å². The largest absolute Gasteiger partial charge is 0.472 e. The summed E-state index contributed by atoms with van der Waals surface area (Å²) >= 11 is 0. The number of hydrogen-bond acceptors (Lipinski definition) is 15. The molecule has 0 aliphatic carbocycles. The van der Waals surface area contributed by atoms with Crippen LogP contribution in [0.15, 0.2) is 0 Å². The van der Waals surface area contributed by atoms with Gasteiger partial charge in [-0.3, -0.25) is 37.3 Å². The number of esters is 4. The first-order valence-electron chi connectivity index (χ1n) is 42.1. The van der Waals surface area contributed by atoms with Gasteiger partial charge in [-0.15, -0.1) is 0 Å². The number of carbonyl (C=O) groups is 4. The number of phosphoric acid groups is 2. The van der Waals surface area contributed by atoms with Gasteiger partial charge in [0.15, 0.2) is 12.2 Å². The zero-order valence-electron chi connectivity index (χ0n) is 65.3. The number of rotatable bonds is 81. The summed E-state index contributed by atoms with van der Waals surface area (Å²) in [5.41, 5.74) is 0. The lowest BCUT2D eigenvalue weighted by atomic mass is 10.0. The lowest BCUT2D eigenvalue weighted by Gasteiger charge is -2.21. The van der Waals surface area contributed by atoms with Crippen LogP contribution in [0.3, 0.4) is 0 Å². The fourth-order valence-electron chi connectivity index (χ4n) is 12.6. The molecular weight excluding hydrogens is 1310 g/mol. The van der Waals surface area contributed by atoms with Crippen molar-refractivity contribution in [1.29, 1.82) is 0 Å². The lowest BCUT2D eigenvalue weighted by molar-refractivity contribution is -0.161. The maximum Gasteiger partial charge on any atom is 0.472 e. The van der Waals surface area contributed by atoms with Crippen molar-refractivity contribution in [2.75, 3.05) is 39.6 Å². The van der Waals surface area contributed by atoms with E-state index < -0.39 is 97.5 Å². The van der Waals surface area contributed by atoms with Crippen LogP contribution < -0.4 is 0 Å². The lowest BCUT2D eigenvalue weighted by Crippen LogP contribution is -2.30. The van der Waals surface area contributed by atoms with E-state index in [1.807, 2.05) is 0 Å². The van der Waals surface area contributed by atoms with Gasteiger partial charge in [0.05, 0.1) is 26.4 Å². The minimum Gasteiger partial charge on any atom is -0.462 e. The summed E-state index contributed by atoms with van der Waals surface area (Å²) in [6.07, 6.45) is 65.6. The molecule has 0 aliphatic rings. The predicted molar refractivity (Wildman–Crippen MR) is 409 cm³/mol. The van der Waals surface area contributed by atoms with E-state index in [2.05, 4.69) is 34.6 Å². The molecule has 0 rings (SSSR count). The summed E-state index contributed by atoms with van der Waals surface area (Å²) in [7, 11) is -9.91. The SMILES string of the molecule is CCCCCCCCCCCCCCCCCCCCCCCCC(=O)O[C@H](COC(=O)CCCCCCCCCCCCCCCCCCCC)COP(=O)(O)OC[C@@H](O)COP(=O)(O)OC[C@@H](COC(=O)CCCCCCCCC)OC(=O)CCCCCCCCCCCCC(C)C. The van der Waals surface area contributed by atoms with Crippen LogP contribution in [-0.4, -0.2) is 96.7 Å². The van der Waals surface area contributed by atoms with Gasteiger partial charge in [-0.05, 0) is 31.6 Å². The fourth-order valence-corrected chi connectivity index (χ4v) is 14.2. The molecule has 0 aromatic rings. The third-order valence-electron chi connectivity index (χ3n) is 19.0. The summed E-state index contributed by atoms with van der Waals surface area (Å²) in [5, 5.41) is 10.6. The van der Waals surface area contributed by atoms with E-state index in [1.165, 1.54) is 244 Å². The van der Waals surface area contributed by atoms with Crippen LogP contribution in [0.25, 0.3) is 0 Å². The van der Waals surface area contributed by atoms with E-state index in [0.29, 0.717) is 25.7 Å². The monoisotopic (exact) mass is 1470 g/mol. The molecule has 0 fully saturated rings. The van der Waals surface area contributed by atoms with Crippen molar-refractivity contribution in [3.63, 3.8) is 0 Å². The van der Waals surface area contributed by atoms with Crippen LogP contribution in [0.1, 0.15) is 433 Å². The Bertz CT molecular complexity index is 1910. The summed E-state index contributed by atoms with van der Waals surface area (Å²) in [5.74, 6) is -1.36. The van der Waals surface area contributed by atoms with Gasteiger partial charge in [0.25, 0.3) is 0 Å². The van der Waals surface area contributed by atoms with Crippen molar-refractivity contribution < 1.29 is 80.2 Å². The van der Waals surface area contributed by atoms with Crippen molar-refractivity contribution in [2.24, 2.45) is 5.92 Å². The van der Waals surface area contributed by atoms with Crippen LogP contribution in [0.5, 0.6) is 0 Å². The van der Waals surface area contributed by atoms with E-state index in [1.54, 1.807) is 0 Å². The fraction of sp³-hybridized carbons (Fsp3) is 0.951. The van der Waals surface area contributed by atoms with Crippen molar-refractivity contribution in [3.8, 4) is 0 Å². The first-order chi connectivity index (χ1) is 48.5. The van der Waals surface area contributed by atoms with Gasteiger partial charge in [-0.2, -0.15) is 0 Å². The highest BCUT2D eigenvalue weighted by molar-refractivity contribution is 7.47. The Morgan fingerprint density at radius 2 is 0.460 bits per heavy atom. The second kappa shape index (κ2) is 73.9. The van der Waals surface area contributed by atoms with Gasteiger partial charge < -0.3 is 33.8 Å². The molecular formula is C81H158O17P2. The summed E-state index contributed by atoms with van der Waals surface area (Å²) in [6.45, 7) is 7.27. The molecule has 19 heteroatoms. The first kappa shape index (κ1) is 98.1. The van der Waals surface area contributed by atoms with Gasteiger partial charge in [-0.25, -0.2) is 9.13 Å². The van der Waals surface area contributed by atoms with Crippen LogP contribution in [0, 0.1) is 5.92 Å². The number of carbonyl (C=O) groups excluding carboxylic acids is 4. The Hall–Kier alpha value is -1.94. The Kier molecular flexibility index (Phi) is 72.5. The highest BCUT2D eigenvalue weighted by Crippen LogP contribution is 2.45. The number of hydrogen-bond donors (Lipinski definition) is 3. The molecule has 0 aromatic carbocycles. The zero-order chi connectivity index (χ0) is 73.4. The average Bonchev–Trinajstić information content (AvgIpc) is 0.920. The molecule has 0 heterocycles. The Morgan fingerprint density at radius 3 is 0.680 bits per heavy atom. The summed E-state index contributed by atoms with van der Waals surface area (Å²) in [4.78, 5) is 72.8. The van der Waals surface area contributed by atoms with E-state index in [0.717, 1.165) is 109 Å². The number of unbranched alkanes of at least 4 members (excludes halogenated alkanes) is 53. The molecule has 0 spiro atoms. The maximum atomic E-state index is 13.1. The molecule has 0 radical (unpaired) electrons. The molecule has 2 unspecified atom stereocenters. The standard InChI is InChI=1S/C81H158O17P2/c1-6-9-12-15-18-20-22-24-26-28-30-31-32-33-35-37-39-41-46-51-56-61-66-80(85)98-77(71-92-79(84)65-60-55-50-45-40-38-36-34-29-27-25-23-21-19-16-13-10-7-2)73-96-100(89,90)94-69-75(82)68-93-99(87,88)95-72-76(70-91-78(83)64-59-54-48-17-14-11-8-3)97-81(86)67-62-57-52-47-43-42-44-49-53-58-63-74(4)5/h74-77,82H,6-73H2,1-5H3,(H,87,88)(H,89,90)/t75-,76+,77+/m0/s1. The molecule has 0 saturated carbocycles. The van der Waals surface area contributed by atoms with Gasteiger partial charge in [0, 0.05) is 25.7 Å². The molecule has 100 heavy (non-hydrogen) atoms. The number of ether oxygens (including phenoxy) is 4. The predicted octanol–water partition coefficient (Wildman–Crippen LogP) is 24.4. The average molecular weight is 1470 g/mol. The molecule has 17 nitrogen and oxygen atoms in total. The summed E-state index contributed by atoms with van der Waals surface area (Å²) in [6, 6.07) is 0. The van der Waals surface area contributed by atoms with Crippen LogP contribution in [-0.2, 0) is 65.4 Å². The second-order valence-electron chi connectivity index (χ2n) is 29.6. The smallest absolute Gasteiger partial charge is 0.462 e. The quantitative estimate of drug-likeness (QED) is 0.0222. The molecule has 0 aliphatic heterocycles. The van der Waals surface area contributed by atoms with Crippen LogP contribution >= 0.6 is 15.6 Å². The third kappa shape index (κ3) is 74.3. The van der Waals surface area contributed by atoms with Gasteiger partial charge in [0.2, 0.25) is 0 Å². The maximum absolute atomic E-state index is 13.1. The van der Waals surface area contributed by atoms with Gasteiger partial charge >= 0.3 is 39.5 Å². The van der Waals surface area contributed by atoms with E-state index in [4.69, 9.17) is 37.0 Å². The molecule has 5 atom stereocenters. The summed E-state index contributed by atoms with van der Waals surface area (Å²) < 4.78 is 68.6. The minimum absolute atomic E-state index is 0.106. The second-order valence-corrected chi connectivity index (χ2v) is 32.5. The first-order valence-corrected chi connectivity index (χ1v) is 45.1. The van der Waals surface area contributed by atoms with Crippen LogP contribution in [0.4, 0.5) is 0 Å². The van der Waals surface area contributed by atoms with Crippen molar-refractivity contribution in [2.45, 2.75) is 451 Å².